The third kappa shape index (κ3) is 2.28. The summed E-state index contributed by atoms with van der Waals surface area (Å²) in [5.74, 6) is 1.49. The van der Waals surface area contributed by atoms with Crippen molar-refractivity contribution in [3.63, 3.8) is 0 Å². The number of nitrogens with zero attached hydrogens (tertiary/aromatic N) is 3. The summed E-state index contributed by atoms with van der Waals surface area (Å²) in [6.07, 6.45) is 2.42. The number of halogens is 1. The molecule has 1 aliphatic heterocycles. The Morgan fingerprint density at radius 1 is 1.50 bits per heavy atom. The minimum atomic E-state index is 0.365. The van der Waals surface area contributed by atoms with Crippen LogP contribution in [0.25, 0.3) is 0 Å². The first-order valence-corrected chi connectivity index (χ1v) is 6.06. The van der Waals surface area contributed by atoms with Gasteiger partial charge < -0.3 is 10.6 Å². The van der Waals surface area contributed by atoms with E-state index < -0.39 is 0 Å². The van der Waals surface area contributed by atoms with Crippen molar-refractivity contribution in [3.8, 4) is 0 Å². The van der Waals surface area contributed by atoms with E-state index in [1.807, 2.05) is 6.07 Å². The molecule has 1 aromatic heterocycles. The number of nitrogens with two attached hydrogens (primary N) is 1. The average Bonchev–Trinajstić information content (AvgIpc) is 2.30. The van der Waals surface area contributed by atoms with E-state index in [2.05, 4.69) is 22.0 Å². The number of aromatic nitrogens is 2. The molecule has 4 nitrogen and oxygen atoms in total. The molecule has 0 aromatic carbocycles. The zero-order valence-corrected chi connectivity index (χ0v) is 10.2. The van der Waals surface area contributed by atoms with E-state index in [0.717, 1.165) is 12.4 Å². The fraction of sp³-hybridized carbons (Fsp3) is 0.636. The summed E-state index contributed by atoms with van der Waals surface area (Å²) in [4.78, 5) is 2.25. The highest BCUT2D eigenvalue weighted by Crippen LogP contribution is 2.26. The first kappa shape index (κ1) is 11.6. The molecule has 5 heteroatoms. The molecule has 88 valence electrons. The van der Waals surface area contributed by atoms with Crippen LogP contribution >= 0.6 is 11.6 Å². The largest absolute Gasteiger partial charge is 0.351 e. The molecule has 0 spiro atoms. The van der Waals surface area contributed by atoms with E-state index in [0.29, 0.717) is 23.7 Å². The predicted molar refractivity (Wildman–Crippen MR) is 65.6 cm³/mol. The Morgan fingerprint density at radius 3 is 2.94 bits per heavy atom. The zero-order valence-electron chi connectivity index (χ0n) is 9.43. The van der Waals surface area contributed by atoms with Crippen LogP contribution < -0.4 is 10.6 Å². The van der Waals surface area contributed by atoms with Crippen LogP contribution in [0.4, 0.5) is 5.82 Å². The predicted octanol–water partition coefficient (Wildman–Crippen LogP) is 1.69. The Labute approximate surface area is 101 Å². The van der Waals surface area contributed by atoms with Gasteiger partial charge in [0.05, 0.1) is 0 Å². The van der Waals surface area contributed by atoms with Gasteiger partial charge in [-0.1, -0.05) is 18.5 Å². The second-order valence-corrected chi connectivity index (χ2v) is 4.72. The van der Waals surface area contributed by atoms with Crippen molar-refractivity contribution in [1.82, 2.24) is 10.2 Å². The van der Waals surface area contributed by atoms with E-state index >= 15 is 0 Å². The molecule has 1 saturated heterocycles. The maximum atomic E-state index is 5.84. The molecule has 2 rings (SSSR count). The molecule has 2 unspecified atom stereocenters. The lowest BCUT2D eigenvalue weighted by atomic mass is 9.91. The molecule has 0 saturated carbocycles. The lowest BCUT2D eigenvalue weighted by Crippen LogP contribution is -2.49. The topological polar surface area (TPSA) is 55.0 Å². The van der Waals surface area contributed by atoms with Crippen LogP contribution in [0.3, 0.4) is 0 Å². The summed E-state index contributed by atoms with van der Waals surface area (Å²) in [7, 11) is 0. The van der Waals surface area contributed by atoms with E-state index in [9.17, 15) is 0 Å². The summed E-state index contributed by atoms with van der Waals surface area (Å²) in [6.45, 7) is 3.90. The van der Waals surface area contributed by atoms with E-state index in [1.165, 1.54) is 12.8 Å². The van der Waals surface area contributed by atoms with E-state index in [-0.39, 0.29) is 0 Å². The molecule has 2 heterocycles. The van der Waals surface area contributed by atoms with Crippen molar-refractivity contribution in [2.45, 2.75) is 25.8 Å². The SMILES string of the molecule is CC1CCCN(c2ccc(Cl)nn2)C1CN. The quantitative estimate of drug-likeness (QED) is 0.855. The standard InChI is InChI=1S/C11H17ClN4/c1-8-3-2-6-16(9(8)7-13)11-5-4-10(12)14-15-11/h4-5,8-9H,2-3,6-7,13H2,1H3. The van der Waals surface area contributed by atoms with Gasteiger partial charge in [0.25, 0.3) is 0 Å². The minimum absolute atomic E-state index is 0.365. The first-order chi connectivity index (χ1) is 7.72. The number of anilines is 1. The monoisotopic (exact) mass is 240 g/mol. The van der Waals surface area contributed by atoms with Crippen molar-refractivity contribution in [1.29, 1.82) is 0 Å². The Bertz CT molecular complexity index is 340. The van der Waals surface area contributed by atoms with Crippen LogP contribution in [0.1, 0.15) is 19.8 Å². The molecule has 0 aliphatic carbocycles. The Kier molecular flexibility index (Phi) is 3.61. The fourth-order valence-corrected chi connectivity index (χ4v) is 2.46. The van der Waals surface area contributed by atoms with Gasteiger partial charge in [0.15, 0.2) is 11.0 Å². The van der Waals surface area contributed by atoms with Gasteiger partial charge in [-0.3, -0.25) is 0 Å². The maximum absolute atomic E-state index is 5.84. The molecule has 1 fully saturated rings. The van der Waals surface area contributed by atoms with Crippen molar-refractivity contribution < 1.29 is 0 Å². The van der Waals surface area contributed by atoms with Crippen LogP contribution in [0.15, 0.2) is 12.1 Å². The first-order valence-electron chi connectivity index (χ1n) is 5.68. The van der Waals surface area contributed by atoms with E-state index in [1.54, 1.807) is 6.07 Å². The molecule has 16 heavy (non-hydrogen) atoms. The van der Waals surface area contributed by atoms with Gasteiger partial charge in [0, 0.05) is 19.1 Å². The smallest absolute Gasteiger partial charge is 0.151 e. The van der Waals surface area contributed by atoms with Crippen LogP contribution in [0.5, 0.6) is 0 Å². The number of rotatable bonds is 2. The highest BCUT2D eigenvalue weighted by molar-refractivity contribution is 6.29. The summed E-state index contributed by atoms with van der Waals surface area (Å²) >= 11 is 5.73. The Morgan fingerprint density at radius 2 is 2.31 bits per heavy atom. The van der Waals surface area contributed by atoms with Crippen LogP contribution in [-0.2, 0) is 0 Å². The Balaban J connectivity index is 2.20. The Hall–Kier alpha value is -0.870. The van der Waals surface area contributed by atoms with Gasteiger partial charge in [-0.15, -0.1) is 10.2 Å². The van der Waals surface area contributed by atoms with Gasteiger partial charge in [-0.25, -0.2) is 0 Å². The van der Waals surface area contributed by atoms with Crippen molar-refractivity contribution in [3.05, 3.63) is 17.3 Å². The highest BCUT2D eigenvalue weighted by atomic mass is 35.5. The van der Waals surface area contributed by atoms with Crippen LogP contribution in [0, 0.1) is 5.92 Å². The van der Waals surface area contributed by atoms with Gasteiger partial charge in [0.1, 0.15) is 0 Å². The summed E-state index contributed by atoms with van der Waals surface area (Å²) in [6, 6.07) is 4.05. The second kappa shape index (κ2) is 4.97. The van der Waals surface area contributed by atoms with Crippen LogP contribution in [0.2, 0.25) is 5.15 Å². The molecule has 0 amide bonds. The molecular weight excluding hydrogens is 224 g/mol. The number of piperidine rings is 1. The molecule has 0 radical (unpaired) electrons. The molecule has 2 atom stereocenters. The molecule has 0 bridgehead atoms. The van der Waals surface area contributed by atoms with Crippen molar-refractivity contribution in [2.24, 2.45) is 11.7 Å². The summed E-state index contributed by atoms with van der Waals surface area (Å²) < 4.78 is 0. The zero-order chi connectivity index (χ0) is 11.5. The van der Waals surface area contributed by atoms with Crippen LogP contribution in [-0.4, -0.2) is 29.3 Å². The van der Waals surface area contributed by atoms with Gasteiger partial charge >= 0.3 is 0 Å². The lowest BCUT2D eigenvalue weighted by molar-refractivity contribution is 0.347. The maximum Gasteiger partial charge on any atom is 0.151 e. The minimum Gasteiger partial charge on any atom is -0.351 e. The van der Waals surface area contributed by atoms with Crippen molar-refractivity contribution >= 4 is 17.4 Å². The fourth-order valence-electron chi connectivity index (χ4n) is 2.36. The van der Waals surface area contributed by atoms with Gasteiger partial charge in [-0.05, 0) is 30.9 Å². The van der Waals surface area contributed by atoms with Crippen molar-refractivity contribution in [2.75, 3.05) is 18.0 Å². The summed E-state index contributed by atoms with van der Waals surface area (Å²) in [5.41, 5.74) is 5.84. The molecule has 2 N–H and O–H groups in total. The average molecular weight is 241 g/mol. The number of hydrogen-bond donors (Lipinski definition) is 1. The normalized spacial score (nSPS) is 25.8. The number of hydrogen-bond acceptors (Lipinski definition) is 4. The third-order valence-electron chi connectivity index (χ3n) is 3.27. The third-order valence-corrected chi connectivity index (χ3v) is 3.47. The van der Waals surface area contributed by atoms with Gasteiger partial charge in [-0.2, -0.15) is 0 Å². The summed E-state index contributed by atoms with van der Waals surface area (Å²) in [5, 5.41) is 8.43. The second-order valence-electron chi connectivity index (χ2n) is 4.33. The lowest BCUT2D eigenvalue weighted by Gasteiger charge is -2.39. The molecular formula is C11H17ClN4. The highest BCUT2D eigenvalue weighted by Gasteiger charge is 2.28. The molecule has 1 aliphatic rings. The molecule has 1 aromatic rings. The van der Waals surface area contributed by atoms with Gasteiger partial charge in [0.2, 0.25) is 0 Å². The van der Waals surface area contributed by atoms with E-state index in [4.69, 9.17) is 17.3 Å².